The van der Waals surface area contributed by atoms with Gasteiger partial charge in [-0.25, -0.2) is 4.98 Å². The Morgan fingerprint density at radius 1 is 1.00 bits per heavy atom. The fourth-order valence-electron chi connectivity index (χ4n) is 2.37. The molecule has 0 radical (unpaired) electrons. The van der Waals surface area contributed by atoms with Gasteiger partial charge in [0.2, 0.25) is 5.88 Å². The summed E-state index contributed by atoms with van der Waals surface area (Å²) in [5.74, 6) is 1.47. The lowest BCUT2D eigenvalue weighted by Gasteiger charge is -2.07. The minimum Gasteiger partial charge on any atom is -0.495 e. The fraction of sp³-hybridized carbons (Fsp3) is 0.190. The lowest BCUT2D eigenvalue weighted by atomic mass is 10.1. The Labute approximate surface area is 168 Å². The van der Waals surface area contributed by atoms with Crippen LogP contribution in [0.25, 0.3) is 0 Å². The van der Waals surface area contributed by atoms with Gasteiger partial charge in [0.25, 0.3) is 0 Å². The number of benzene rings is 1. The average Bonchev–Trinajstić information content (AvgIpc) is 2.73. The molecule has 144 valence electrons. The molecule has 3 aromatic rings. The molecule has 0 bridgehead atoms. The lowest BCUT2D eigenvalue weighted by molar-refractivity contribution is -0.144. The normalized spacial score (nSPS) is 10.4. The third-order valence-electron chi connectivity index (χ3n) is 3.86. The molecular formula is C21H19ClN2O4. The molecule has 0 atom stereocenters. The summed E-state index contributed by atoms with van der Waals surface area (Å²) in [5.41, 5.74) is 1.70. The third-order valence-corrected chi connectivity index (χ3v) is 4.11. The maximum atomic E-state index is 12.0. The minimum absolute atomic E-state index is 0.156. The third kappa shape index (κ3) is 5.96. The number of rotatable bonds is 8. The van der Waals surface area contributed by atoms with Crippen molar-refractivity contribution < 1.29 is 19.0 Å². The monoisotopic (exact) mass is 398 g/mol. The predicted molar refractivity (Wildman–Crippen MR) is 105 cm³/mol. The molecule has 0 saturated heterocycles. The number of hydrogen-bond acceptors (Lipinski definition) is 6. The van der Waals surface area contributed by atoms with Crippen LogP contribution in [-0.4, -0.2) is 23.0 Å². The molecule has 1 aromatic carbocycles. The first-order chi connectivity index (χ1) is 13.6. The molecule has 0 aliphatic carbocycles. The van der Waals surface area contributed by atoms with Crippen LogP contribution >= 0.6 is 11.6 Å². The van der Waals surface area contributed by atoms with Crippen molar-refractivity contribution in [3.8, 4) is 17.4 Å². The van der Waals surface area contributed by atoms with Crippen LogP contribution in [0.4, 0.5) is 0 Å². The van der Waals surface area contributed by atoms with Gasteiger partial charge >= 0.3 is 5.97 Å². The van der Waals surface area contributed by atoms with Crippen molar-refractivity contribution in [2.24, 2.45) is 0 Å². The van der Waals surface area contributed by atoms with Gasteiger partial charge in [0.15, 0.2) is 0 Å². The van der Waals surface area contributed by atoms with Gasteiger partial charge in [-0.2, -0.15) is 0 Å². The lowest BCUT2D eigenvalue weighted by Crippen LogP contribution is -2.06. The first-order valence-corrected chi connectivity index (χ1v) is 9.02. The Bertz CT molecular complexity index is 914. The van der Waals surface area contributed by atoms with Gasteiger partial charge in [0, 0.05) is 35.5 Å². The van der Waals surface area contributed by atoms with Gasteiger partial charge in [-0.05, 0) is 48.4 Å². The smallest absolute Gasteiger partial charge is 0.306 e. The molecular weight excluding hydrogens is 380 g/mol. The summed E-state index contributed by atoms with van der Waals surface area (Å²) in [6.07, 6.45) is 5.74. The highest BCUT2D eigenvalue weighted by Crippen LogP contribution is 2.21. The van der Waals surface area contributed by atoms with Crippen LogP contribution in [0.3, 0.4) is 0 Å². The zero-order valence-corrected chi connectivity index (χ0v) is 16.1. The molecule has 0 amide bonds. The van der Waals surface area contributed by atoms with Crippen LogP contribution < -0.4 is 9.47 Å². The van der Waals surface area contributed by atoms with Crippen molar-refractivity contribution in [1.82, 2.24) is 9.97 Å². The number of pyridine rings is 2. The maximum Gasteiger partial charge on any atom is 0.306 e. The van der Waals surface area contributed by atoms with Crippen molar-refractivity contribution in [3.63, 3.8) is 0 Å². The molecule has 0 N–H and O–H groups in total. The van der Waals surface area contributed by atoms with E-state index in [0.717, 1.165) is 11.1 Å². The number of methoxy groups -OCH3 is 1. The summed E-state index contributed by atoms with van der Waals surface area (Å²) in [6, 6.07) is 12.4. The SMILES string of the molecule is COc1cncc(CCC(=O)OCc2ccc(Oc3ccc(Cl)cc3)nc2)c1. The second-order valence-electron chi connectivity index (χ2n) is 5.95. The molecule has 0 spiro atoms. The number of hydrogen-bond donors (Lipinski definition) is 0. The number of aromatic nitrogens is 2. The van der Waals surface area contributed by atoms with E-state index in [1.807, 2.05) is 6.07 Å². The Balaban J connectivity index is 1.44. The number of halogens is 1. The molecule has 6 nitrogen and oxygen atoms in total. The molecule has 2 aromatic heterocycles. The number of nitrogens with zero attached hydrogens (tertiary/aromatic N) is 2. The van der Waals surface area contributed by atoms with E-state index in [0.29, 0.717) is 28.8 Å². The molecule has 7 heteroatoms. The quantitative estimate of drug-likeness (QED) is 0.516. The van der Waals surface area contributed by atoms with Crippen LogP contribution in [0.5, 0.6) is 17.4 Å². The van der Waals surface area contributed by atoms with Crippen LogP contribution in [0.2, 0.25) is 5.02 Å². The summed E-state index contributed by atoms with van der Waals surface area (Å²) in [6.45, 7) is 0.156. The molecule has 2 heterocycles. The van der Waals surface area contributed by atoms with Gasteiger partial charge in [-0.3, -0.25) is 9.78 Å². The van der Waals surface area contributed by atoms with Crippen molar-refractivity contribution in [1.29, 1.82) is 0 Å². The maximum absolute atomic E-state index is 12.0. The van der Waals surface area contributed by atoms with E-state index < -0.39 is 0 Å². The van der Waals surface area contributed by atoms with E-state index >= 15 is 0 Å². The standard InChI is InChI=1S/C21H19ClN2O4/c1-26-19-10-15(11-23-13-19)3-9-21(25)27-14-16-2-8-20(24-12-16)28-18-6-4-17(22)5-7-18/h2,4-8,10-13H,3,9,14H2,1H3. The molecule has 0 fully saturated rings. The summed E-state index contributed by atoms with van der Waals surface area (Å²) >= 11 is 5.85. The zero-order chi connectivity index (χ0) is 19.8. The van der Waals surface area contributed by atoms with Crippen molar-refractivity contribution in [3.05, 3.63) is 77.2 Å². The first-order valence-electron chi connectivity index (χ1n) is 8.64. The Hall–Kier alpha value is -3.12. The highest BCUT2D eigenvalue weighted by molar-refractivity contribution is 6.30. The molecule has 0 aliphatic heterocycles. The second-order valence-corrected chi connectivity index (χ2v) is 6.39. The number of aryl methyl sites for hydroxylation is 1. The van der Waals surface area contributed by atoms with Crippen LogP contribution in [0.15, 0.2) is 61.1 Å². The minimum atomic E-state index is -0.288. The molecule has 0 saturated carbocycles. The van der Waals surface area contributed by atoms with E-state index in [2.05, 4.69) is 9.97 Å². The first kappa shape index (κ1) is 19.6. The van der Waals surface area contributed by atoms with E-state index in [9.17, 15) is 4.79 Å². The number of ether oxygens (including phenoxy) is 3. The van der Waals surface area contributed by atoms with Gasteiger partial charge in [-0.1, -0.05) is 11.6 Å². The van der Waals surface area contributed by atoms with E-state index in [-0.39, 0.29) is 19.0 Å². The number of carbonyl (C=O) groups is 1. The summed E-state index contributed by atoms with van der Waals surface area (Å²) in [7, 11) is 1.58. The van der Waals surface area contributed by atoms with Crippen LogP contribution in [0, 0.1) is 0 Å². The largest absolute Gasteiger partial charge is 0.495 e. The molecule has 3 rings (SSSR count). The summed E-state index contributed by atoms with van der Waals surface area (Å²) in [5, 5.41) is 0.639. The number of carbonyl (C=O) groups excluding carboxylic acids is 1. The topological polar surface area (TPSA) is 70.5 Å². The van der Waals surface area contributed by atoms with Crippen LogP contribution in [0.1, 0.15) is 17.5 Å². The Morgan fingerprint density at radius 2 is 1.82 bits per heavy atom. The van der Waals surface area contributed by atoms with Crippen LogP contribution in [-0.2, 0) is 22.6 Å². The molecule has 0 aliphatic rings. The van der Waals surface area contributed by atoms with E-state index in [4.69, 9.17) is 25.8 Å². The van der Waals surface area contributed by atoms with Crippen molar-refractivity contribution in [2.75, 3.05) is 7.11 Å². The summed E-state index contributed by atoms with van der Waals surface area (Å²) < 4.78 is 16.0. The van der Waals surface area contributed by atoms with Gasteiger partial charge in [-0.15, -0.1) is 0 Å². The number of esters is 1. The average molecular weight is 399 g/mol. The molecule has 0 unspecified atom stereocenters. The highest BCUT2D eigenvalue weighted by atomic mass is 35.5. The molecule has 28 heavy (non-hydrogen) atoms. The highest BCUT2D eigenvalue weighted by Gasteiger charge is 2.07. The Morgan fingerprint density at radius 3 is 2.54 bits per heavy atom. The predicted octanol–water partition coefficient (Wildman–Crippen LogP) is 4.61. The fourth-order valence-corrected chi connectivity index (χ4v) is 2.50. The van der Waals surface area contributed by atoms with Crippen molar-refractivity contribution >= 4 is 17.6 Å². The van der Waals surface area contributed by atoms with E-state index in [1.165, 1.54) is 0 Å². The van der Waals surface area contributed by atoms with E-state index in [1.54, 1.807) is 62.1 Å². The van der Waals surface area contributed by atoms with Gasteiger partial charge in [0.05, 0.1) is 13.3 Å². The summed E-state index contributed by atoms with van der Waals surface area (Å²) in [4.78, 5) is 20.2. The zero-order valence-electron chi connectivity index (χ0n) is 15.3. The Kier molecular flexibility index (Phi) is 6.81. The van der Waals surface area contributed by atoms with Gasteiger partial charge in [0.1, 0.15) is 18.1 Å². The van der Waals surface area contributed by atoms with Crippen molar-refractivity contribution in [2.45, 2.75) is 19.4 Å². The van der Waals surface area contributed by atoms with Gasteiger partial charge < -0.3 is 14.2 Å². The second kappa shape index (κ2) is 9.71.